The molecule has 1 saturated carbocycles. The molecule has 0 spiro atoms. The van der Waals surface area contributed by atoms with E-state index in [0.717, 1.165) is 12.3 Å². The lowest BCUT2D eigenvalue weighted by Crippen LogP contribution is -2.30. The molecule has 0 radical (unpaired) electrons. The van der Waals surface area contributed by atoms with Crippen molar-refractivity contribution in [1.82, 2.24) is 10.4 Å². The minimum atomic E-state index is 0.261. The van der Waals surface area contributed by atoms with Gasteiger partial charge in [-0.25, -0.2) is 0 Å². The maximum atomic E-state index is 5.64. The fourth-order valence-corrected chi connectivity index (χ4v) is 2.64. The lowest BCUT2D eigenvalue weighted by Gasteiger charge is -2.26. The van der Waals surface area contributed by atoms with E-state index in [1.165, 1.54) is 37.7 Å². The maximum absolute atomic E-state index is 5.64. The number of hydrazine groups is 1. The van der Waals surface area contributed by atoms with Gasteiger partial charge >= 0.3 is 0 Å². The minimum Gasteiger partial charge on any atom is -0.271 e. The zero-order chi connectivity index (χ0) is 11.2. The second-order valence-corrected chi connectivity index (χ2v) is 4.75. The first-order chi connectivity index (χ1) is 7.90. The molecule has 0 amide bonds. The monoisotopic (exact) mass is 219 g/mol. The van der Waals surface area contributed by atoms with Gasteiger partial charge in [-0.15, -0.1) is 0 Å². The van der Waals surface area contributed by atoms with E-state index < -0.39 is 0 Å². The van der Waals surface area contributed by atoms with Crippen molar-refractivity contribution in [3.63, 3.8) is 0 Å². The van der Waals surface area contributed by atoms with Crippen LogP contribution in [-0.4, -0.2) is 4.98 Å². The van der Waals surface area contributed by atoms with Crippen LogP contribution in [0.2, 0.25) is 0 Å². The van der Waals surface area contributed by atoms with Crippen LogP contribution in [-0.2, 0) is 0 Å². The Morgan fingerprint density at radius 2 is 2.19 bits per heavy atom. The van der Waals surface area contributed by atoms with Crippen LogP contribution in [0.3, 0.4) is 0 Å². The number of aromatic nitrogens is 1. The molecule has 0 aliphatic heterocycles. The second-order valence-electron chi connectivity index (χ2n) is 4.75. The molecule has 1 aromatic heterocycles. The number of hydrogen-bond acceptors (Lipinski definition) is 3. The highest BCUT2D eigenvalue weighted by Crippen LogP contribution is 2.31. The standard InChI is InChI=1S/C13H21N3/c14-16-13(12-7-4-8-15-10-12)9-11-5-2-1-3-6-11/h4,7-8,10-11,13,16H,1-3,5-6,9,14H2. The lowest BCUT2D eigenvalue weighted by molar-refractivity contribution is 0.301. The lowest BCUT2D eigenvalue weighted by atomic mass is 9.84. The van der Waals surface area contributed by atoms with E-state index in [1.807, 2.05) is 12.3 Å². The average Bonchev–Trinajstić information content (AvgIpc) is 2.38. The molecular weight excluding hydrogens is 198 g/mol. The molecule has 1 unspecified atom stereocenters. The topological polar surface area (TPSA) is 50.9 Å². The Morgan fingerprint density at radius 3 is 2.81 bits per heavy atom. The molecule has 0 bridgehead atoms. The molecule has 88 valence electrons. The normalized spacial score (nSPS) is 19.6. The fraction of sp³-hybridized carbons (Fsp3) is 0.615. The van der Waals surface area contributed by atoms with Crippen LogP contribution in [0.5, 0.6) is 0 Å². The molecule has 1 aliphatic carbocycles. The average molecular weight is 219 g/mol. The SMILES string of the molecule is NNC(CC1CCCCC1)c1cccnc1. The third kappa shape index (κ3) is 3.03. The van der Waals surface area contributed by atoms with E-state index in [0.29, 0.717) is 0 Å². The summed E-state index contributed by atoms with van der Waals surface area (Å²) in [4.78, 5) is 4.15. The summed E-state index contributed by atoms with van der Waals surface area (Å²) in [5, 5.41) is 0. The Kier molecular flexibility index (Phi) is 4.31. The summed E-state index contributed by atoms with van der Waals surface area (Å²) in [5.41, 5.74) is 4.13. The van der Waals surface area contributed by atoms with Crippen LogP contribution >= 0.6 is 0 Å². The van der Waals surface area contributed by atoms with Gasteiger partial charge in [0.05, 0.1) is 0 Å². The fourth-order valence-electron chi connectivity index (χ4n) is 2.64. The van der Waals surface area contributed by atoms with E-state index in [9.17, 15) is 0 Å². The zero-order valence-corrected chi connectivity index (χ0v) is 9.73. The molecule has 16 heavy (non-hydrogen) atoms. The Bertz CT molecular complexity index is 293. The van der Waals surface area contributed by atoms with Gasteiger partial charge < -0.3 is 0 Å². The van der Waals surface area contributed by atoms with Crippen molar-refractivity contribution in [2.75, 3.05) is 0 Å². The number of nitrogens with zero attached hydrogens (tertiary/aromatic N) is 1. The van der Waals surface area contributed by atoms with Crippen LogP contribution in [0.1, 0.15) is 50.1 Å². The summed E-state index contributed by atoms with van der Waals surface area (Å²) in [5.74, 6) is 6.47. The predicted molar refractivity (Wildman–Crippen MR) is 65.5 cm³/mol. The molecular formula is C13H21N3. The molecule has 1 fully saturated rings. The Labute approximate surface area is 97.4 Å². The second kappa shape index (κ2) is 5.97. The van der Waals surface area contributed by atoms with Crippen LogP contribution in [0.25, 0.3) is 0 Å². The Balaban J connectivity index is 1.94. The third-order valence-electron chi connectivity index (χ3n) is 3.58. The van der Waals surface area contributed by atoms with E-state index >= 15 is 0 Å². The maximum Gasteiger partial charge on any atom is 0.0477 e. The van der Waals surface area contributed by atoms with Crippen molar-refractivity contribution in [2.45, 2.75) is 44.6 Å². The molecule has 1 aliphatic rings. The molecule has 2 rings (SSSR count). The van der Waals surface area contributed by atoms with Gasteiger partial charge in [-0.3, -0.25) is 16.3 Å². The molecule has 1 atom stereocenters. The molecule has 1 aromatic rings. The zero-order valence-electron chi connectivity index (χ0n) is 9.73. The number of rotatable bonds is 4. The van der Waals surface area contributed by atoms with Crippen LogP contribution in [0, 0.1) is 5.92 Å². The Hall–Kier alpha value is -0.930. The highest BCUT2D eigenvalue weighted by molar-refractivity contribution is 5.13. The summed E-state index contributed by atoms with van der Waals surface area (Å²) in [6.45, 7) is 0. The highest BCUT2D eigenvalue weighted by Gasteiger charge is 2.19. The first-order valence-electron chi connectivity index (χ1n) is 6.26. The summed E-state index contributed by atoms with van der Waals surface area (Å²) in [6, 6.07) is 4.33. The first kappa shape index (κ1) is 11.6. The summed E-state index contributed by atoms with van der Waals surface area (Å²) < 4.78 is 0. The van der Waals surface area contributed by atoms with Gasteiger partial charge in [0.2, 0.25) is 0 Å². The number of nitrogens with two attached hydrogens (primary N) is 1. The molecule has 0 saturated heterocycles. The van der Waals surface area contributed by atoms with Gasteiger partial charge in [-0.1, -0.05) is 38.2 Å². The van der Waals surface area contributed by atoms with E-state index in [-0.39, 0.29) is 6.04 Å². The predicted octanol–water partition coefficient (Wildman–Crippen LogP) is 2.56. The number of pyridine rings is 1. The van der Waals surface area contributed by atoms with Gasteiger partial charge in [-0.05, 0) is 24.0 Å². The van der Waals surface area contributed by atoms with Crippen molar-refractivity contribution in [3.05, 3.63) is 30.1 Å². The summed E-state index contributed by atoms with van der Waals surface area (Å²) in [6.07, 6.45) is 11.7. The van der Waals surface area contributed by atoms with Crippen LogP contribution in [0.4, 0.5) is 0 Å². The largest absolute Gasteiger partial charge is 0.271 e. The van der Waals surface area contributed by atoms with E-state index in [2.05, 4.69) is 16.5 Å². The van der Waals surface area contributed by atoms with Gasteiger partial charge in [0.25, 0.3) is 0 Å². The van der Waals surface area contributed by atoms with Crippen molar-refractivity contribution in [1.29, 1.82) is 0 Å². The molecule has 3 N–H and O–H groups in total. The van der Waals surface area contributed by atoms with Gasteiger partial charge in [0.1, 0.15) is 0 Å². The minimum absolute atomic E-state index is 0.261. The number of hydrogen-bond donors (Lipinski definition) is 2. The van der Waals surface area contributed by atoms with Crippen LogP contribution in [0.15, 0.2) is 24.5 Å². The Morgan fingerprint density at radius 1 is 1.38 bits per heavy atom. The molecule has 1 heterocycles. The van der Waals surface area contributed by atoms with Gasteiger partial charge in [-0.2, -0.15) is 0 Å². The van der Waals surface area contributed by atoms with E-state index in [4.69, 9.17) is 5.84 Å². The number of nitrogens with one attached hydrogen (secondary N) is 1. The van der Waals surface area contributed by atoms with Gasteiger partial charge in [0, 0.05) is 18.4 Å². The van der Waals surface area contributed by atoms with Gasteiger partial charge in [0.15, 0.2) is 0 Å². The molecule has 3 nitrogen and oxygen atoms in total. The van der Waals surface area contributed by atoms with Crippen LogP contribution < -0.4 is 11.3 Å². The molecule has 3 heteroatoms. The van der Waals surface area contributed by atoms with Crippen molar-refractivity contribution in [2.24, 2.45) is 11.8 Å². The summed E-state index contributed by atoms with van der Waals surface area (Å²) >= 11 is 0. The van der Waals surface area contributed by atoms with E-state index in [1.54, 1.807) is 6.20 Å². The molecule has 0 aromatic carbocycles. The summed E-state index contributed by atoms with van der Waals surface area (Å²) in [7, 11) is 0. The van der Waals surface area contributed by atoms with Crippen molar-refractivity contribution in [3.8, 4) is 0 Å². The van der Waals surface area contributed by atoms with Crippen molar-refractivity contribution >= 4 is 0 Å². The van der Waals surface area contributed by atoms with Crippen molar-refractivity contribution < 1.29 is 0 Å². The third-order valence-corrected chi connectivity index (χ3v) is 3.58. The first-order valence-corrected chi connectivity index (χ1v) is 6.26. The highest BCUT2D eigenvalue weighted by atomic mass is 15.2. The quantitative estimate of drug-likeness (QED) is 0.604. The smallest absolute Gasteiger partial charge is 0.0477 e.